The molecule has 90 valence electrons. The lowest BCUT2D eigenvalue weighted by atomic mass is 10.2. The fraction of sp³-hybridized carbons (Fsp3) is 0.0833. The highest BCUT2D eigenvalue weighted by Crippen LogP contribution is 2.24. The molecule has 0 unspecified atom stereocenters. The summed E-state index contributed by atoms with van der Waals surface area (Å²) in [6.07, 6.45) is 1.51. The van der Waals surface area contributed by atoms with Gasteiger partial charge in [-0.2, -0.15) is 5.26 Å². The Bertz CT molecular complexity index is 645. The van der Waals surface area contributed by atoms with Crippen molar-refractivity contribution in [3.63, 3.8) is 0 Å². The van der Waals surface area contributed by atoms with Crippen molar-refractivity contribution in [3.05, 3.63) is 44.9 Å². The Balaban J connectivity index is 2.24. The number of benzene rings is 1. The van der Waals surface area contributed by atoms with Crippen molar-refractivity contribution in [1.82, 2.24) is 4.98 Å². The van der Waals surface area contributed by atoms with Gasteiger partial charge in [0.15, 0.2) is 0 Å². The van der Waals surface area contributed by atoms with E-state index in [0.717, 1.165) is 5.01 Å². The Morgan fingerprint density at radius 1 is 1.56 bits per heavy atom. The summed E-state index contributed by atoms with van der Waals surface area (Å²) in [4.78, 5) is 16.4. The number of nitrogens with one attached hydrogen (secondary N) is 1. The standard InChI is InChI=1S/C12H8ClN3OS/c1-7-15-6-11(18-7)12(17)16-10-4-8(5-14)2-3-9(10)13/h2-4,6H,1H3,(H,16,17). The average molecular weight is 278 g/mol. The van der Waals surface area contributed by atoms with Crippen LogP contribution in [0.15, 0.2) is 24.4 Å². The van der Waals surface area contributed by atoms with Gasteiger partial charge in [-0.3, -0.25) is 4.79 Å². The van der Waals surface area contributed by atoms with Crippen molar-refractivity contribution in [3.8, 4) is 6.07 Å². The number of rotatable bonds is 2. The lowest BCUT2D eigenvalue weighted by molar-refractivity contribution is 0.103. The highest BCUT2D eigenvalue weighted by Gasteiger charge is 2.11. The van der Waals surface area contributed by atoms with Crippen LogP contribution < -0.4 is 5.32 Å². The zero-order valence-corrected chi connectivity index (χ0v) is 11.0. The van der Waals surface area contributed by atoms with Gasteiger partial charge in [-0.15, -0.1) is 11.3 Å². The van der Waals surface area contributed by atoms with Gasteiger partial charge >= 0.3 is 0 Å². The molecule has 0 saturated heterocycles. The van der Waals surface area contributed by atoms with Crippen LogP contribution in [0, 0.1) is 18.3 Å². The van der Waals surface area contributed by atoms with E-state index in [1.54, 1.807) is 12.1 Å². The van der Waals surface area contributed by atoms with Crippen LogP contribution in [0.3, 0.4) is 0 Å². The van der Waals surface area contributed by atoms with Crippen LogP contribution in [0.1, 0.15) is 20.2 Å². The molecule has 0 atom stereocenters. The van der Waals surface area contributed by atoms with E-state index >= 15 is 0 Å². The molecule has 0 spiro atoms. The molecule has 0 bridgehead atoms. The molecular weight excluding hydrogens is 270 g/mol. The van der Waals surface area contributed by atoms with E-state index < -0.39 is 0 Å². The minimum absolute atomic E-state index is 0.280. The maximum absolute atomic E-state index is 11.9. The van der Waals surface area contributed by atoms with Crippen LogP contribution in [0.5, 0.6) is 0 Å². The number of hydrogen-bond acceptors (Lipinski definition) is 4. The molecule has 0 aliphatic carbocycles. The van der Waals surface area contributed by atoms with E-state index in [-0.39, 0.29) is 5.91 Å². The van der Waals surface area contributed by atoms with Gasteiger partial charge < -0.3 is 5.32 Å². The molecule has 2 rings (SSSR count). The predicted molar refractivity (Wildman–Crippen MR) is 71.0 cm³/mol. The van der Waals surface area contributed by atoms with Crippen molar-refractivity contribution >= 4 is 34.5 Å². The SMILES string of the molecule is Cc1ncc(C(=O)Nc2cc(C#N)ccc2Cl)s1. The molecule has 0 saturated carbocycles. The number of anilines is 1. The maximum Gasteiger partial charge on any atom is 0.267 e. The van der Waals surface area contributed by atoms with Gasteiger partial charge in [-0.05, 0) is 25.1 Å². The first-order chi connectivity index (χ1) is 8.60. The van der Waals surface area contributed by atoms with E-state index in [9.17, 15) is 4.79 Å². The summed E-state index contributed by atoms with van der Waals surface area (Å²) in [7, 11) is 0. The molecule has 6 heteroatoms. The van der Waals surface area contributed by atoms with Gasteiger partial charge in [0.2, 0.25) is 0 Å². The molecule has 1 aromatic carbocycles. The molecule has 0 fully saturated rings. The van der Waals surface area contributed by atoms with Crippen molar-refractivity contribution < 1.29 is 4.79 Å². The zero-order valence-electron chi connectivity index (χ0n) is 9.40. The molecule has 18 heavy (non-hydrogen) atoms. The third-order valence-corrected chi connectivity index (χ3v) is 3.43. The summed E-state index contributed by atoms with van der Waals surface area (Å²) >= 11 is 7.25. The van der Waals surface area contributed by atoms with Crippen molar-refractivity contribution in [2.24, 2.45) is 0 Å². The van der Waals surface area contributed by atoms with E-state index in [0.29, 0.717) is 21.2 Å². The number of nitriles is 1. The number of carbonyl (C=O) groups is 1. The monoisotopic (exact) mass is 277 g/mol. The number of amides is 1. The first kappa shape index (κ1) is 12.6. The molecule has 2 aromatic rings. The summed E-state index contributed by atoms with van der Waals surface area (Å²) in [5.41, 5.74) is 0.863. The van der Waals surface area contributed by atoms with Crippen molar-refractivity contribution in [2.75, 3.05) is 5.32 Å². The summed E-state index contributed by atoms with van der Waals surface area (Å²) < 4.78 is 0. The number of hydrogen-bond donors (Lipinski definition) is 1. The predicted octanol–water partition coefficient (Wildman–Crippen LogP) is 3.23. The summed E-state index contributed by atoms with van der Waals surface area (Å²) in [5.74, 6) is -0.280. The van der Waals surface area contributed by atoms with Gasteiger partial charge in [0.05, 0.1) is 33.5 Å². The molecule has 1 aromatic heterocycles. The van der Waals surface area contributed by atoms with E-state index in [2.05, 4.69) is 10.3 Å². The third-order valence-electron chi connectivity index (χ3n) is 2.19. The highest BCUT2D eigenvalue weighted by atomic mass is 35.5. The second kappa shape index (κ2) is 5.17. The summed E-state index contributed by atoms with van der Waals surface area (Å²) in [6.45, 7) is 1.82. The minimum atomic E-state index is -0.280. The van der Waals surface area contributed by atoms with Gasteiger partial charge in [0.1, 0.15) is 4.88 Å². The lowest BCUT2D eigenvalue weighted by Gasteiger charge is -2.05. The third kappa shape index (κ3) is 2.67. The molecule has 1 amide bonds. The zero-order chi connectivity index (χ0) is 13.1. The number of halogens is 1. The number of nitrogens with zero attached hydrogens (tertiary/aromatic N) is 2. The van der Waals surface area contributed by atoms with Crippen LogP contribution in [-0.2, 0) is 0 Å². The molecule has 0 radical (unpaired) electrons. The second-order valence-electron chi connectivity index (χ2n) is 3.50. The van der Waals surface area contributed by atoms with Gasteiger partial charge in [0.25, 0.3) is 5.91 Å². The molecule has 0 aliphatic rings. The average Bonchev–Trinajstić information content (AvgIpc) is 2.79. The van der Waals surface area contributed by atoms with Crippen LogP contribution in [0.4, 0.5) is 5.69 Å². The first-order valence-corrected chi connectivity index (χ1v) is 6.23. The topological polar surface area (TPSA) is 65.8 Å². The Kier molecular flexibility index (Phi) is 3.60. The van der Waals surface area contributed by atoms with E-state index in [1.807, 2.05) is 13.0 Å². The quantitative estimate of drug-likeness (QED) is 0.916. The number of thiazole rings is 1. The van der Waals surface area contributed by atoms with Crippen LogP contribution >= 0.6 is 22.9 Å². The minimum Gasteiger partial charge on any atom is -0.320 e. The van der Waals surface area contributed by atoms with Crippen molar-refractivity contribution in [1.29, 1.82) is 5.26 Å². The second-order valence-corrected chi connectivity index (χ2v) is 5.15. The summed E-state index contributed by atoms with van der Waals surface area (Å²) in [5, 5.41) is 12.7. The molecule has 0 aliphatic heterocycles. The van der Waals surface area contributed by atoms with Crippen LogP contribution in [0.25, 0.3) is 0 Å². The normalized spacial score (nSPS) is 9.83. The fourth-order valence-electron chi connectivity index (χ4n) is 1.34. The number of aryl methyl sites for hydroxylation is 1. The Morgan fingerprint density at radius 3 is 2.94 bits per heavy atom. The first-order valence-electron chi connectivity index (χ1n) is 5.03. The Morgan fingerprint density at radius 2 is 2.33 bits per heavy atom. The Hall–Kier alpha value is -1.90. The molecule has 1 N–H and O–H groups in total. The van der Waals surface area contributed by atoms with Gasteiger partial charge in [0, 0.05) is 0 Å². The molecule has 4 nitrogen and oxygen atoms in total. The Labute approximate surface area is 113 Å². The summed E-state index contributed by atoms with van der Waals surface area (Å²) in [6, 6.07) is 6.70. The largest absolute Gasteiger partial charge is 0.320 e. The number of aromatic nitrogens is 1. The molecule has 1 heterocycles. The maximum atomic E-state index is 11.9. The smallest absolute Gasteiger partial charge is 0.267 e. The van der Waals surface area contributed by atoms with E-state index in [4.69, 9.17) is 16.9 Å². The van der Waals surface area contributed by atoms with Gasteiger partial charge in [-0.25, -0.2) is 4.98 Å². The number of carbonyl (C=O) groups excluding carboxylic acids is 1. The van der Waals surface area contributed by atoms with Crippen molar-refractivity contribution in [2.45, 2.75) is 6.92 Å². The van der Waals surface area contributed by atoms with E-state index in [1.165, 1.54) is 23.6 Å². The van der Waals surface area contributed by atoms with Crippen LogP contribution in [-0.4, -0.2) is 10.9 Å². The lowest BCUT2D eigenvalue weighted by Crippen LogP contribution is -2.10. The molecular formula is C12H8ClN3OS. The van der Waals surface area contributed by atoms with Crippen LogP contribution in [0.2, 0.25) is 5.02 Å². The van der Waals surface area contributed by atoms with Gasteiger partial charge in [-0.1, -0.05) is 11.6 Å². The highest BCUT2D eigenvalue weighted by molar-refractivity contribution is 7.13. The fourth-order valence-corrected chi connectivity index (χ4v) is 2.18.